The molecule has 0 saturated carbocycles. The molecule has 0 heterocycles. The van der Waals surface area contributed by atoms with Crippen LogP contribution >= 0.6 is 0 Å². The molecule has 0 spiro atoms. The molecule has 0 radical (unpaired) electrons. The summed E-state index contributed by atoms with van der Waals surface area (Å²) in [5.41, 5.74) is 0. The average Bonchev–Trinajstić information content (AvgIpc) is 2.16. The Morgan fingerprint density at radius 3 is 2.06 bits per heavy atom. The predicted molar refractivity (Wildman–Crippen MR) is 72.8 cm³/mol. The van der Waals surface area contributed by atoms with Gasteiger partial charge in [0.15, 0.2) is 0 Å². The van der Waals surface area contributed by atoms with Gasteiger partial charge < -0.3 is 4.90 Å². The van der Waals surface area contributed by atoms with Gasteiger partial charge in [0, 0.05) is 20.6 Å². The second-order valence-electron chi connectivity index (χ2n) is 5.37. The van der Waals surface area contributed by atoms with E-state index >= 15 is 0 Å². The van der Waals surface area contributed by atoms with Crippen LogP contribution in [0.15, 0.2) is 4.99 Å². The first kappa shape index (κ1) is 15.4. The molecule has 0 fully saturated rings. The fourth-order valence-electron chi connectivity index (χ4n) is 2.04. The Bertz CT molecular complexity index is 204. The Kier molecular flexibility index (Phi) is 7.39. The summed E-state index contributed by atoms with van der Waals surface area (Å²) in [6.07, 6.45) is 6.67. The van der Waals surface area contributed by atoms with Crippen LogP contribution in [-0.2, 0) is 0 Å². The fraction of sp³-hybridized carbons (Fsp3) is 0.923. The molecule has 0 aromatic carbocycles. The second-order valence-corrected chi connectivity index (χ2v) is 5.37. The molecule has 0 saturated heterocycles. The standard InChI is InChI=1S/C13H30N3/c1-7-8-9-10-11-12-15(3)13(14-2)16(4,5)6/h7-12H2,1-6H3/q+1. The molecule has 0 atom stereocenters. The van der Waals surface area contributed by atoms with E-state index in [4.69, 9.17) is 0 Å². The van der Waals surface area contributed by atoms with Crippen molar-refractivity contribution in [2.45, 2.75) is 39.0 Å². The second kappa shape index (κ2) is 7.66. The van der Waals surface area contributed by atoms with Crippen LogP contribution in [0.4, 0.5) is 0 Å². The molecular formula is C13H30N3+. The lowest BCUT2D eigenvalue weighted by atomic mass is 10.1. The van der Waals surface area contributed by atoms with Gasteiger partial charge in [0.05, 0.1) is 21.1 Å². The molecular weight excluding hydrogens is 198 g/mol. The van der Waals surface area contributed by atoms with Crippen LogP contribution in [0.25, 0.3) is 0 Å². The van der Waals surface area contributed by atoms with E-state index in [1.54, 1.807) is 0 Å². The van der Waals surface area contributed by atoms with Crippen LogP contribution in [0.3, 0.4) is 0 Å². The molecule has 0 unspecified atom stereocenters. The molecule has 0 aliphatic heterocycles. The maximum Gasteiger partial charge on any atom is 0.299 e. The molecule has 3 heteroatoms. The summed E-state index contributed by atoms with van der Waals surface area (Å²) in [7, 11) is 10.5. The van der Waals surface area contributed by atoms with E-state index < -0.39 is 0 Å². The molecule has 0 N–H and O–H groups in total. The number of quaternary nitrogens is 1. The van der Waals surface area contributed by atoms with Crippen molar-refractivity contribution in [3.8, 4) is 0 Å². The monoisotopic (exact) mass is 228 g/mol. The molecule has 0 bridgehead atoms. The van der Waals surface area contributed by atoms with Crippen molar-refractivity contribution in [2.24, 2.45) is 4.99 Å². The van der Waals surface area contributed by atoms with Gasteiger partial charge in [-0.25, -0.2) is 4.99 Å². The molecule has 0 aliphatic carbocycles. The van der Waals surface area contributed by atoms with E-state index in [-0.39, 0.29) is 0 Å². The first-order valence-corrected chi connectivity index (χ1v) is 6.43. The van der Waals surface area contributed by atoms with E-state index in [1.165, 1.54) is 32.1 Å². The molecule has 0 aromatic rings. The SMILES string of the molecule is CCCCCCCN(C)C(=NC)[N+](C)(C)C. The summed E-state index contributed by atoms with van der Waals surface area (Å²) < 4.78 is 0.794. The lowest BCUT2D eigenvalue weighted by Crippen LogP contribution is -2.50. The molecule has 0 rings (SSSR count). The van der Waals surface area contributed by atoms with Crippen LogP contribution < -0.4 is 0 Å². The van der Waals surface area contributed by atoms with Gasteiger partial charge in [-0.2, -0.15) is 0 Å². The number of hydrogen-bond donors (Lipinski definition) is 0. The molecule has 16 heavy (non-hydrogen) atoms. The fourth-order valence-corrected chi connectivity index (χ4v) is 2.04. The van der Waals surface area contributed by atoms with Gasteiger partial charge in [-0.05, 0) is 6.42 Å². The average molecular weight is 228 g/mol. The minimum atomic E-state index is 0.794. The van der Waals surface area contributed by atoms with E-state index in [0.717, 1.165) is 17.0 Å². The first-order chi connectivity index (χ1) is 7.43. The molecule has 0 aromatic heterocycles. The van der Waals surface area contributed by atoms with Crippen molar-refractivity contribution in [2.75, 3.05) is 41.8 Å². The summed E-state index contributed by atoms with van der Waals surface area (Å²) in [4.78, 5) is 6.67. The maximum absolute atomic E-state index is 4.39. The van der Waals surface area contributed by atoms with Crippen LogP contribution in [0.5, 0.6) is 0 Å². The van der Waals surface area contributed by atoms with Crippen molar-refractivity contribution < 1.29 is 4.48 Å². The van der Waals surface area contributed by atoms with Crippen molar-refractivity contribution in [3.05, 3.63) is 0 Å². The van der Waals surface area contributed by atoms with Crippen LogP contribution in [0.2, 0.25) is 0 Å². The number of guanidine groups is 1. The minimum Gasteiger partial charge on any atom is -0.314 e. The van der Waals surface area contributed by atoms with E-state index in [0.29, 0.717) is 0 Å². The first-order valence-electron chi connectivity index (χ1n) is 6.43. The molecule has 96 valence electrons. The highest BCUT2D eigenvalue weighted by Crippen LogP contribution is 2.06. The summed E-state index contributed by atoms with van der Waals surface area (Å²) >= 11 is 0. The quantitative estimate of drug-likeness (QED) is 0.295. The zero-order chi connectivity index (χ0) is 12.6. The van der Waals surface area contributed by atoms with Gasteiger partial charge >= 0.3 is 0 Å². The zero-order valence-corrected chi connectivity index (χ0v) is 12.1. The van der Waals surface area contributed by atoms with Gasteiger partial charge in [0.25, 0.3) is 5.96 Å². The molecule has 3 nitrogen and oxygen atoms in total. The number of rotatable bonds is 6. The Morgan fingerprint density at radius 1 is 1.06 bits per heavy atom. The van der Waals surface area contributed by atoms with Crippen molar-refractivity contribution in [1.29, 1.82) is 0 Å². The van der Waals surface area contributed by atoms with E-state index in [9.17, 15) is 0 Å². The Balaban J connectivity index is 3.91. The van der Waals surface area contributed by atoms with Crippen LogP contribution in [0.1, 0.15) is 39.0 Å². The topological polar surface area (TPSA) is 15.6 Å². The summed E-state index contributed by atoms with van der Waals surface area (Å²) in [5.74, 6) is 1.15. The largest absolute Gasteiger partial charge is 0.314 e. The van der Waals surface area contributed by atoms with Crippen molar-refractivity contribution in [3.63, 3.8) is 0 Å². The smallest absolute Gasteiger partial charge is 0.299 e. The third-order valence-corrected chi connectivity index (χ3v) is 2.74. The third-order valence-electron chi connectivity index (χ3n) is 2.74. The lowest BCUT2D eigenvalue weighted by Gasteiger charge is -2.30. The van der Waals surface area contributed by atoms with Crippen LogP contribution in [0, 0.1) is 0 Å². The van der Waals surface area contributed by atoms with E-state index in [1.807, 2.05) is 7.05 Å². The van der Waals surface area contributed by atoms with Gasteiger partial charge in [0.2, 0.25) is 0 Å². The predicted octanol–water partition coefficient (Wildman–Crippen LogP) is 2.58. The van der Waals surface area contributed by atoms with Gasteiger partial charge in [0.1, 0.15) is 0 Å². The number of nitrogens with zero attached hydrogens (tertiary/aromatic N) is 3. The van der Waals surface area contributed by atoms with Gasteiger partial charge in [-0.3, -0.25) is 4.48 Å². The Morgan fingerprint density at radius 2 is 1.62 bits per heavy atom. The summed E-state index contributed by atoms with van der Waals surface area (Å²) in [6, 6.07) is 0. The lowest BCUT2D eigenvalue weighted by molar-refractivity contribution is -0.782. The number of hydrogen-bond acceptors (Lipinski definition) is 1. The summed E-state index contributed by atoms with van der Waals surface area (Å²) in [5, 5.41) is 0. The number of unbranched alkanes of at least 4 members (excludes halogenated alkanes) is 4. The minimum absolute atomic E-state index is 0.794. The number of aliphatic imine (C=N–C) groups is 1. The zero-order valence-electron chi connectivity index (χ0n) is 12.1. The van der Waals surface area contributed by atoms with Crippen molar-refractivity contribution in [1.82, 2.24) is 4.90 Å². The highest BCUT2D eigenvalue weighted by atomic mass is 15.4. The van der Waals surface area contributed by atoms with Gasteiger partial charge in [-0.1, -0.05) is 32.6 Å². The molecule has 0 aliphatic rings. The summed E-state index contributed by atoms with van der Waals surface area (Å²) in [6.45, 7) is 3.37. The van der Waals surface area contributed by atoms with Crippen LogP contribution in [-0.4, -0.2) is 57.1 Å². The highest BCUT2D eigenvalue weighted by molar-refractivity contribution is 5.72. The normalized spacial score (nSPS) is 13.0. The molecule has 0 amide bonds. The third kappa shape index (κ3) is 6.11. The Labute approximate surface area is 102 Å². The highest BCUT2D eigenvalue weighted by Gasteiger charge is 2.21. The van der Waals surface area contributed by atoms with Gasteiger partial charge in [-0.15, -0.1) is 0 Å². The maximum atomic E-state index is 4.39. The Hall–Kier alpha value is -0.570. The van der Waals surface area contributed by atoms with E-state index in [2.05, 4.69) is 45.0 Å². The van der Waals surface area contributed by atoms with Crippen molar-refractivity contribution >= 4 is 5.96 Å².